The van der Waals surface area contributed by atoms with Crippen molar-refractivity contribution in [3.8, 4) is 0 Å². The van der Waals surface area contributed by atoms with Gasteiger partial charge in [-0.3, -0.25) is 0 Å². The molecule has 0 fully saturated rings. The molecule has 0 aromatic heterocycles. The Morgan fingerprint density at radius 3 is 2.62 bits per heavy atom. The first-order chi connectivity index (χ1) is 7.45. The molecule has 0 N–H and O–H groups in total. The van der Waals surface area contributed by atoms with Gasteiger partial charge < -0.3 is 10.3 Å². The first-order valence-electron chi connectivity index (χ1n) is 5.16. The second-order valence-electron chi connectivity index (χ2n) is 4.52. The zero-order valence-corrected chi connectivity index (χ0v) is 9.86. The number of hydrogen-bond acceptors (Lipinski definition) is 2. The lowest BCUT2D eigenvalue weighted by molar-refractivity contribution is -0.140. The number of ether oxygens (including phenoxy) is 1. The van der Waals surface area contributed by atoms with E-state index in [1.54, 1.807) is 0 Å². The van der Waals surface area contributed by atoms with Crippen LogP contribution in [0.2, 0.25) is 0 Å². The summed E-state index contributed by atoms with van der Waals surface area (Å²) in [6.07, 6.45) is 5.92. The highest BCUT2D eigenvalue weighted by molar-refractivity contribution is 6.20. The molecular weight excluding hydrogens is 204 g/mol. The van der Waals surface area contributed by atoms with Crippen LogP contribution in [-0.2, 0) is 9.53 Å². The van der Waals surface area contributed by atoms with Crippen LogP contribution in [0.1, 0.15) is 27.2 Å². The first kappa shape index (κ1) is 12.4. The maximum Gasteiger partial charge on any atom is 0.413 e. The third-order valence-corrected chi connectivity index (χ3v) is 2.40. The molecule has 0 atom stereocenters. The number of nitrogens with zero attached hydrogens (tertiary/aromatic N) is 2. The highest BCUT2D eigenvalue weighted by Crippen LogP contribution is 2.31. The molecule has 4 heteroatoms. The van der Waals surface area contributed by atoms with Gasteiger partial charge in [0.05, 0.1) is 0 Å². The minimum atomic E-state index is -0.633. The SMILES string of the molecule is CC1=CC(C)(COC(=O)C=[N+]=[N-])C=C(C)C1. The standard InChI is InChI=1S/C12H16N2O2/c1-9-4-10(2)6-12(3,5-9)8-16-11(15)7-14-13/h5-7H,4,8H2,1-3H3. The van der Waals surface area contributed by atoms with Gasteiger partial charge in [0.2, 0.25) is 0 Å². The molecule has 1 rings (SSSR count). The van der Waals surface area contributed by atoms with Gasteiger partial charge in [-0.25, -0.2) is 4.79 Å². The molecule has 0 aliphatic heterocycles. The molecule has 0 unspecified atom stereocenters. The van der Waals surface area contributed by atoms with Crippen LogP contribution in [0.3, 0.4) is 0 Å². The molecule has 86 valence electrons. The Bertz CT molecular complexity index is 383. The van der Waals surface area contributed by atoms with E-state index in [-0.39, 0.29) is 12.0 Å². The second-order valence-corrected chi connectivity index (χ2v) is 4.52. The molecule has 0 heterocycles. The Balaban J connectivity index is 2.68. The highest BCUT2D eigenvalue weighted by Gasteiger charge is 2.24. The van der Waals surface area contributed by atoms with Crippen molar-refractivity contribution in [3.05, 3.63) is 28.8 Å². The van der Waals surface area contributed by atoms with Gasteiger partial charge in [0.1, 0.15) is 6.61 Å². The van der Waals surface area contributed by atoms with Crippen LogP contribution in [0, 0.1) is 5.41 Å². The zero-order valence-electron chi connectivity index (χ0n) is 9.86. The zero-order chi connectivity index (χ0) is 12.2. The molecule has 0 aromatic rings. The van der Waals surface area contributed by atoms with Crippen molar-refractivity contribution in [2.75, 3.05) is 6.61 Å². The number of rotatable bonds is 3. The third kappa shape index (κ3) is 3.48. The predicted octanol–water partition coefficient (Wildman–Crippen LogP) is 2.13. The summed E-state index contributed by atoms with van der Waals surface area (Å²) in [5.41, 5.74) is 10.5. The van der Waals surface area contributed by atoms with Crippen molar-refractivity contribution in [2.24, 2.45) is 5.41 Å². The van der Waals surface area contributed by atoms with Crippen molar-refractivity contribution in [1.82, 2.24) is 0 Å². The van der Waals surface area contributed by atoms with Gasteiger partial charge in [0.15, 0.2) is 0 Å². The van der Waals surface area contributed by atoms with Crippen molar-refractivity contribution in [2.45, 2.75) is 27.2 Å². The van der Waals surface area contributed by atoms with Gasteiger partial charge in [-0.2, -0.15) is 4.79 Å². The average molecular weight is 220 g/mol. The van der Waals surface area contributed by atoms with Crippen LogP contribution in [-0.4, -0.2) is 23.6 Å². The van der Waals surface area contributed by atoms with Crippen molar-refractivity contribution >= 4 is 12.2 Å². The molecule has 0 amide bonds. The number of allylic oxidation sites excluding steroid dienone is 2. The van der Waals surface area contributed by atoms with E-state index in [1.807, 2.05) is 6.92 Å². The van der Waals surface area contributed by atoms with Crippen molar-refractivity contribution < 1.29 is 14.3 Å². The van der Waals surface area contributed by atoms with E-state index in [1.165, 1.54) is 11.1 Å². The lowest BCUT2D eigenvalue weighted by atomic mass is 9.81. The summed E-state index contributed by atoms with van der Waals surface area (Å²) >= 11 is 0. The molecule has 0 saturated heterocycles. The molecule has 0 saturated carbocycles. The van der Waals surface area contributed by atoms with Gasteiger partial charge >= 0.3 is 12.2 Å². The fourth-order valence-corrected chi connectivity index (χ4v) is 2.10. The Labute approximate surface area is 95.2 Å². The number of carbonyl (C=O) groups excluding carboxylic acids is 1. The second kappa shape index (κ2) is 4.90. The first-order valence-corrected chi connectivity index (χ1v) is 5.16. The molecule has 0 radical (unpaired) electrons. The quantitative estimate of drug-likeness (QED) is 0.240. The maximum absolute atomic E-state index is 11.0. The summed E-state index contributed by atoms with van der Waals surface area (Å²) < 4.78 is 4.98. The molecule has 16 heavy (non-hydrogen) atoms. The van der Waals surface area contributed by atoms with Gasteiger partial charge in [0, 0.05) is 5.41 Å². The van der Waals surface area contributed by atoms with Gasteiger partial charge in [0.25, 0.3) is 0 Å². The summed E-state index contributed by atoms with van der Waals surface area (Å²) in [5.74, 6) is -0.633. The monoisotopic (exact) mass is 220 g/mol. The fraction of sp³-hybridized carbons (Fsp3) is 0.500. The molecule has 1 aliphatic rings. The van der Waals surface area contributed by atoms with E-state index in [9.17, 15) is 4.79 Å². The van der Waals surface area contributed by atoms with Crippen LogP contribution < -0.4 is 0 Å². The molecule has 0 aromatic carbocycles. The Morgan fingerprint density at radius 2 is 2.12 bits per heavy atom. The highest BCUT2D eigenvalue weighted by atomic mass is 16.5. The molecule has 4 nitrogen and oxygen atoms in total. The Kier molecular flexibility index (Phi) is 3.80. The number of carbonyl (C=O) groups is 1. The number of hydrogen-bond donors (Lipinski definition) is 0. The molecule has 0 spiro atoms. The van der Waals surface area contributed by atoms with E-state index in [4.69, 9.17) is 10.3 Å². The summed E-state index contributed by atoms with van der Waals surface area (Å²) in [6, 6.07) is 0. The van der Waals surface area contributed by atoms with Crippen molar-refractivity contribution in [1.29, 1.82) is 0 Å². The van der Waals surface area contributed by atoms with Gasteiger partial charge in [-0.05, 0) is 27.2 Å². The Hall–Kier alpha value is -1.67. The molecule has 0 bridgehead atoms. The minimum absolute atomic E-state index is 0.256. The summed E-state index contributed by atoms with van der Waals surface area (Å²) in [6.45, 7) is 6.38. The molecular formula is C12H16N2O2. The van der Waals surface area contributed by atoms with Gasteiger partial charge in [-0.15, -0.1) is 0 Å². The molecule has 1 aliphatic carbocycles. The topological polar surface area (TPSA) is 62.7 Å². The summed E-state index contributed by atoms with van der Waals surface area (Å²) in [5, 5.41) is 0. The van der Waals surface area contributed by atoms with Crippen LogP contribution in [0.15, 0.2) is 23.3 Å². The van der Waals surface area contributed by atoms with Crippen LogP contribution in [0.4, 0.5) is 0 Å². The van der Waals surface area contributed by atoms with E-state index < -0.39 is 5.97 Å². The summed E-state index contributed by atoms with van der Waals surface area (Å²) in [7, 11) is 0. The lowest BCUT2D eigenvalue weighted by Crippen LogP contribution is -2.24. The van der Waals surface area contributed by atoms with Crippen LogP contribution in [0.25, 0.3) is 5.53 Å². The predicted molar refractivity (Wildman–Crippen MR) is 60.9 cm³/mol. The van der Waals surface area contributed by atoms with Crippen LogP contribution in [0.5, 0.6) is 0 Å². The van der Waals surface area contributed by atoms with E-state index in [0.29, 0.717) is 0 Å². The lowest BCUT2D eigenvalue weighted by Gasteiger charge is -2.27. The Morgan fingerprint density at radius 1 is 1.56 bits per heavy atom. The van der Waals surface area contributed by atoms with Crippen molar-refractivity contribution in [3.63, 3.8) is 0 Å². The van der Waals surface area contributed by atoms with E-state index in [0.717, 1.165) is 12.6 Å². The summed E-state index contributed by atoms with van der Waals surface area (Å²) in [4.78, 5) is 13.6. The minimum Gasteiger partial charge on any atom is -0.456 e. The number of esters is 1. The maximum atomic E-state index is 11.0. The van der Waals surface area contributed by atoms with Gasteiger partial charge in [-0.1, -0.05) is 23.3 Å². The fourth-order valence-electron chi connectivity index (χ4n) is 2.10. The normalized spacial score (nSPS) is 17.9. The van der Waals surface area contributed by atoms with Crippen LogP contribution >= 0.6 is 0 Å². The average Bonchev–Trinajstić information content (AvgIpc) is 2.13. The van der Waals surface area contributed by atoms with E-state index >= 15 is 0 Å². The van der Waals surface area contributed by atoms with E-state index in [2.05, 4.69) is 30.8 Å². The third-order valence-electron chi connectivity index (χ3n) is 2.40. The largest absolute Gasteiger partial charge is 0.456 e. The smallest absolute Gasteiger partial charge is 0.413 e.